The van der Waals surface area contributed by atoms with E-state index < -0.39 is 26.5 Å². The van der Waals surface area contributed by atoms with Crippen LogP contribution in [0.5, 0.6) is 0 Å². The summed E-state index contributed by atoms with van der Waals surface area (Å²) >= 11 is 0. The molecule has 1 aliphatic rings. The summed E-state index contributed by atoms with van der Waals surface area (Å²) in [6, 6.07) is 7.05. The number of benzene rings is 2. The Kier molecular flexibility index (Phi) is 4.60. The number of nitrogens with zero attached hydrogens (tertiary/aromatic N) is 2. The molecule has 2 aromatic carbocycles. The maximum absolute atomic E-state index is 13.4. The van der Waals surface area contributed by atoms with Gasteiger partial charge in [-0.2, -0.15) is 4.39 Å². The van der Waals surface area contributed by atoms with Crippen molar-refractivity contribution in [3.05, 3.63) is 57.9 Å². The Morgan fingerprint density at radius 2 is 2.00 bits per heavy atom. The molecule has 8 nitrogen and oxygen atoms in total. The monoisotopic (exact) mass is 393 g/mol. The third-order valence-electron chi connectivity index (χ3n) is 4.31. The number of hydrogen-bond acceptors (Lipinski definition) is 5. The van der Waals surface area contributed by atoms with Gasteiger partial charge in [0.15, 0.2) is 0 Å². The van der Waals surface area contributed by atoms with Crippen LogP contribution in [0, 0.1) is 15.9 Å². The molecule has 1 unspecified atom stereocenters. The summed E-state index contributed by atoms with van der Waals surface area (Å²) in [5.41, 5.74) is 0.425. The topological polar surface area (TPSA) is 110 Å². The fourth-order valence-electron chi connectivity index (χ4n) is 3.18. The minimum Gasteiger partial charge on any atom is -0.309 e. The van der Waals surface area contributed by atoms with Gasteiger partial charge in [-0.3, -0.25) is 19.6 Å². The lowest BCUT2D eigenvalue weighted by molar-refractivity contribution is -0.387. The molecule has 0 aromatic heterocycles. The normalized spacial score (nSPS) is 16.1. The van der Waals surface area contributed by atoms with Crippen molar-refractivity contribution in [3.63, 3.8) is 0 Å². The van der Waals surface area contributed by atoms with Crippen molar-refractivity contribution in [1.82, 2.24) is 0 Å². The fourth-order valence-corrected chi connectivity index (χ4v) is 4.28. The Balaban J connectivity index is 1.93. The van der Waals surface area contributed by atoms with Gasteiger partial charge in [0.25, 0.3) is 10.0 Å². The van der Waals surface area contributed by atoms with Crippen LogP contribution in [0.25, 0.3) is 0 Å². The summed E-state index contributed by atoms with van der Waals surface area (Å²) < 4.78 is 40.8. The molecule has 3 rings (SSSR count). The van der Waals surface area contributed by atoms with Crippen LogP contribution >= 0.6 is 0 Å². The number of rotatable bonds is 4. The van der Waals surface area contributed by atoms with Crippen LogP contribution in [-0.2, 0) is 21.2 Å². The zero-order valence-electron chi connectivity index (χ0n) is 14.5. The van der Waals surface area contributed by atoms with Crippen LogP contribution in [0.1, 0.15) is 19.4 Å². The van der Waals surface area contributed by atoms with Crippen molar-refractivity contribution in [2.24, 2.45) is 0 Å². The molecule has 0 bridgehead atoms. The highest BCUT2D eigenvalue weighted by atomic mass is 32.2. The minimum atomic E-state index is -4.04. The van der Waals surface area contributed by atoms with Gasteiger partial charge in [-0.05, 0) is 49.2 Å². The van der Waals surface area contributed by atoms with E-state index in [1.54, 1.807) is 11.0 Å². The van der Waals surface area contributed by atoms with E-state index in [0.29, 0.717) is 17.7 Å². The summed E-state index contributed by atoms with van der Waals surface area (Å²) in [6.07, 6.45) is 0.514. The molecule has 0 radical (unpaired) electrons. The van der Waals surface area contributed by atoms with Crippen molar-refractivity contribution < 1.29 is 22.5 Å². The Morgan fingerprint density at radius 1 is 1.30 bits per heavy atom. The second kappa shape index (κ2) is 6.62. The lowest BCUT2D eigenvalue weighted by atomic mass is 10.1. The van der Waals surface area contributed by atoms with Gasteiger partial charge >= 0.3 is 5.69 Å². The number of anilines is 2. The molecule has 10 heteroatoms. The van der Waals surface area contributed by atoms with E-state index >= 15 is 0 Å². The van der Waals surface area contributed by atoms with Crippen LogP contribution in [0.3, 0.4) is 0 Å². The van der Waals surface area contributed by atoms with Crippen LogP contribution in [0.15, 0.2) is 41.3 Å². The quantitative estimate of drug-likeness (QED) is 0.634. The highest BCUT2D eigenvalue weighted by molar-refractivity contribution is 7.92. The van der Waals surface area contributed by atoms with Gasteiger partial charge in [0.1, 0.15) is 0 Å². The molecule has 1 N–H and O–H groups in total. The van der Waals surface area contributed by atoms with Crippen LogP contribution in [-0.4, -0.2) is 25.3 Å². The largest absolute Gasteiger partial charge is 0.309 e. The van der Waals surface area contributed by atoms with Gasteiger partial charge in [-0.1, -0.05) is 0 Å². The molecule has 1 amide bonds. The minimum absolute atomic E-state index is 0.0502. The van der Waals surface area contributed by atoms with Gasteiger partial charge in [-0.25, -0.2) is 8.42 Å². The number of halogens is 1. The van der Waals surface area contributed by atoms with Gasteiger partial charge in [0.05, 0.1) is 15.5 Å². The van der Waals surface area contributed by atoms with Gasteiger partial charge in [0.2, 0.25) is 11.7 Å². The molecule has 142 valence electrons. The third-order valence-corrected chi connectivity index (χ3v) is 5.69. The molecule has 1 aliphatic heterocycles. The fraction of sp³-hybridized carbons (Fsp3) is 0.235. The van der Waals surface area contributed by atoms with E-state index in [-0.39, 0.29) is 22.5 Å². The first-order chi connectivity index (χ1) is 12.6. The van der Waals surface area contributed by atoms with Crippen LogP contribution in [0.2, 0.25) is 0 Å². The highest BCUT2D eigenvalue weighted by Crippen LogP contribution is 2.34. The van der Waals surface area contributed by atoms with E-state index in [4.69, 9.17) is 0 Å². The lowest BCUT2D eigenvalue weighted by Gasteiger charge is -2.20. The van der Waals surface area contributed by atoms with Crippen molar-refractivity contribution in [3.8, 4) is 0 Å². The number of hydrogen-bond donors (Lipinski definition) is 1. The Hall–Kier alpha value is -3.01. The number of carbonyl (C=O) groups is 1. The summed E-state index contributed by atoms with van der Waals surface area (Å²) in [6.45, 7) is 3.31. The highest BCUT2D eigenvalue weighted by Gasteiger charge is 2.30. The average molecular weight is 393 g/mol. The van der Waals surface area contributed by atoms with Crippen LogP contribution in [0.4, 0.5) is 21.5 Å². The van der Waals surface area contributed by atoms with Gasteiger partial charge in [0, 0.05) is 24.7 Å². The zero-order chi connectivity index (χ0) is 19.9. The molecule has 0 saturated heterocycles. The summed E-state index contributed by atoms with van der Waals surface area (Å²) in [5.74, 6) is -1.19. The predicted molar refractivity (Wildman–Crippen MR) is 96.6 cm³/mol. The van der Waals surface area contributed by atoms with Crippen LogP contribution < -0.4 is 9.62 Å². The van der Waals surface area contributed by atoms with Gasteiger partial charge in [-0.15, -0.1) is 0 Å². The number of fused-ring (bicyclic) bond motifs is 1. The summed E-state index contributed by atoms with van der Waals surface area (Å²) in [5, 5.41) is 10.8. The Labute approximate surface area is 154 Å². The zero-order valence-corrected chi connectivity index (χ0v) is 15.3. The summed E-state index contributed by atoms with van der Waals surface area (Å²) in [7, 11) is -4.04. The number of sulfonamides is 1. The molecular weight excluding hydrogens is 377 g/mol. The molecule has 0 aliphatic carbocycles. The molecular formula is C17H16FN3O5S. The smallest absolute Gasteiger partial charge is 0.306 e. The van der Waals surface area contributed by atoms with Gasteiger partial charge < -0.3 is 4.90 Å². The standard InChI is InChI=1S/C17H16FN3O5S/c1-10-7-12-8-14(4-6-16(12)20(10)11(2)22)27(25,26)19-13-3-5-15(18)17(9-13)21(23)24/h3-6,8-10,19H,7H2,1-2H3. The van der Waals surface area contributed by atoms with Crippen molar-refractivity contribution in [1.29, 1.82) is 0 Å². The summed E-state index contributed by atoms with van der Waals surface area (Å²) in [4.78, 5) is 23.2. The predicted octanol–water partition coefficient (Wildman–Crippen LogP) is 2.83. The van der Waals surface area contributed by atoms with E-state index in [1.165, 1.54) is 19.1 Å². The Morgan fingerprint density at radius 3 is 2.63 bits per heavy atom. The van der Waals surface area contributed by atoms with Crippen molar-refractivity contribution in [2.75, 3.05) is 9.62 Å². The van der Waals surface area contributed by atoms with E-state index in [2.05, 4.69) is 4.72 Å². The first-order valence-corrected chi connectivity index (χ1v) is 9.48. The Bertz CT molecular complexity index is 1050. The van der Waals surface area contributed by atoms with E-state index in [9.17, 15) is 27.7 Å². The number of nitrogens with one attached hydrogen (secondary N) is 1. The second-order valence-corrected chi connectivity index (χ2v) is 7.94. The first-order valence-electron chi connectivity index (χ1n) is 7.99. The maximum atomic E-state index is 13.4. The molecule has 27 heavy (non-hydrogen) atoms. The number of nitro benzene ring substituents is 1. The molecule has 2 aromatic rings. The van der Waals surface area contributed by atoms with E-state index in [0.717, 1.165) is 18.2 Å². The first kappa shape index (κ1) is 18.8. The van der Waals surface area contributed by atoms with Crippen molar-refractivity contribution >= 4 is 33.0 Å². The maximum Gasteiger partial charge on any atom is 0.306 e. The number of amides is 1. The lowest BCUT2D eigenvalue weighted by Crippen LogP contribution is -2.33. The average Bonchev–Trinajstić information content (AvgIpc) is 2.91. The third kappa shape index (κ3) is 3.47. The molecule has 1 heterocycles. The molecule has 0 fully saturated rings. The molecule has 0 saturated carbocycles. The second-order valence-electron chi connectivity index (χ2n) is 6.26. The molecule has 0 spiro atoms. The SMILES string of the molecule is CC(=O)N1c2ccc(S(=O)(=O)Nc3ccc(F)c([N+](=O)[O-])c3)cc2CC1C. The number of nitro groups is 1. The van der Waals surface area contributed by atoms with Crippen molar-refractivity contribution in [2.45, 2.75) is 31.2 Å². The number of carbonyl (C=O) groups excluding carboxylic acids is 1. The van der Waals surface area contributed by atoms with E-state index in [1.807, 2.05) is 6.92 Å². The molecule has 1 atom stereocenters.